The minimum Gasteiger partial charge on any atom is -0.461 e. The first-order valence-electron chi connectivity index (χ1n) is 10.3. The van der Waals surface area contributed by atoms with Crippen LogP contribution in [-0.2, 0) is 33.3 Å². The Morgan fingerprint density at radius 1 is 1.17 bits per heavy atom. The molecule has 0 aromatic carbocycles. The number of hydrogen-bond acceptors (Lipinski definition) is 8. The number of ketones is 1. The third kappa shape index (κ3) is 5.70. The minimum absolute atomic E-state index is 0.0788. The van der Waals surface area contributed by atoms with E-state index in [2.05, 4.69) is 0 Å². The topological polar surface area (TPSA) is 108 Å². The largest absolute Gasteiger partial charge is 0.461 e. The van der Waals surface area contributed by atoms with Crippen LogP contribution in [0.15, 0.2) is 23.5 Å². The van der Waals surface area contributed by atoms with E-state index in [1.807, 2.05) is 27.7 Å². The second-order valence-electron chi connectivity index (χ2n) is 8.50. The second-order valence-corrected chi connectivity index (χ2v) is 8.50. The fraction of sp³-hybridized carbons (Fsp3) is 0.682. The maximum absolute atomic E-state index is 12.7. The van der Waals surface area contributed by atoms with Crippen molar-refractivity contribution < 1.29 is 38.4 Å². The summed E-state index contributed by atoms with van der Waals surface area (Å²) in [6, 6.07) is 0. The summed E-state index contributed by atoms with van der Waals surface area (Å²) in [6.07, 6.45) is 1.86. The minimum atomic E-state index is -1.93. The van der Waals surface area contributed by atoms with Crippen molar-refractivity contribution in [3.8, 4) is 0 Å². The zero-order valence-electron chi connectivity index (χ0n) is 18.3. The summed E-state index contributed by atoms with van der Waals surface area (Å²) in [6.45, 7) is 9.23. The van der Waals surface area contributed by atoms with Gasteiger partial charge in [0.15, 0.2) is 11.4 Å². The van der Waals surface area contributed by atoms with E-state index >= 15 is 0 Å². The average Bonchev–Trinajstić information content (AvgIpc) is 2.90. The van der Waals surface area contributed by atoms with Crippen LogP contribution in [0.2, 0.25) is 0 Å². The molecule has 0 fully saturated rings. The predicted molar refractivity (Wildman–Crippen MR) is 107 cm³/mol. The lowest BCUT2D eigenvalue weighted by molar-refractivity contribution is -0.200. The smallest absolute Gasteiger partial charge is 0.309 e. The Kier molecular flexibility index (Phi) is 8.20. The van der Waals surface area contributed by atoms with Crippen molar-refractivity contribution in [3.05, 3.63) is 23.5 Å². The Morgan fingerprint density at radius 2 is 1.80 bits per heavy atom. The van der Waals surface area contributed by atoms with Crippen LogP contribution in [0, 0.1) is 17.8 Å². The SMILES string of the molecule is CCOCC1(O)C(=O)C=C2C(COC(=O)CC(C)C)=COC(OC(=O)CC(C)C)C21. The standard InChI is InChI=1S/C22H32O8/c1-6-27-12-22(26)17(23)9-16-15(10-28-18(24)7-13(2)3)11-29-21(20(16)22)30-19(25)8-14(4)5/h9,11,13-14,20-21,26H,6-8,10,12H2,1-5H3. The first-order valence-corrected chi connectivity index (χ1v) is 10.3. The molecule has 8 nitrogen and oxygen atoms in total. The van der Waals surface area contributed by atoms with Crippen molar-refractivity contribution in [2.24, 2.45) is 17.8 Å². The molecule has 0 aromatic heterocycles. The van der Waals surface area contributed by atoms with Crippen LogP contribution in [-0.4, -0.2) is 54.5 Å². The molecule has 0 bridgehead atoms. The van der Waals surface area contributed by atoms with E-state index in [9.17, 15) is 19.5 Å². The Hall–Kier alpha value is -2.19. The van der Waals surface area contributed by atoms with Gasteiger partial charge in [0.05, 0.1) is 18.8 Å². The molecule has 0 aromatic rings. The van der Waals surface area contributed by atoms with E-state index in [0.29, 0.717) is 17.8 Å². The quantitative estimate of drug-likeness (QED) is 0.532. The van der Waals surface area contributed by atoms with Crippen LogP contribution in [0.25, 0.3) is 0 Å². The van der Waals surface area contributed by atoms with Crippen molar-refractivity contribution in [1.29, 1.82) is 0 Å². The number of hydrogen-bond donors (Lipinski definition) is 1. The number of fused-ring (bicyclic) bond motifs is 1. The van der Waals surface area contributed by atoms with E-state index in [4.69, 9.17) is 18.9 Å². The molecule has 0 radical (unpaired) electrons. The molecular weight excluding hydrogens is 392 g/mol. The zero-order chi connectivity index (χ0) is 22.5. The van der Waals surface area contributed by atoms with Gasteiger partial charge in [0.25, 0.3) is 6.29 Å². The molecular formula is C22H32O8. The fourth-order valence-corrected chi connectivity index (χ4v) is 3.42. The maximum Gasteiger partial charge on any atom is 0.309 e. The molecule has 1 aliphatic heterocycles. The molecule has 168 valence electrons. The summed E-state index contributed by atoms with van der Waals surface area (Å²) >= 11 is 0. The molecule has 1 aliphatic carbocycles. The van der Waals surface area contributed by atoms with Crippen LogP contribution in [0.4, 0.5) is 0 Å². The van der Waals surface area contributed by atoms with E-state index in [1.165, 1.54) is 12.3 Å². The molecule has 8 heteroatoms. The first kappa shape index (κ1) is 24.1. The lowest BCUT2D eigenvalue weighted by Crippen LogP contribution is -2.53. The van der Waals surface area contributed by atoms with Gasteiger partial charge in [0, 0.05) is 25.0 Å². The predicted octanol–water partition coefficient (Wildman–Crippen LogP) is 2.30. The molecule has 1 heterocycles. The molecule has 3 unspecified atom stereocenters. The van der Waals surface area contributed by atoms with E-state index < -0.39 is 29.6 Å². The van der Waals surface area contributed by atoms with Gasteiger partial charge in [0.1, 0.15) is 6.61 Å². The molecule has 30 heavy (non-hydrogen) atoms. The summed E-state index contributed by atoms with van der Waals surface area (Å²) < 4.78 is 21.7. The van der Waals surface area contributed by atoms with Gasteiger partial charge in [-0.05, 0) is 30.4 Å². The molecule has 2 rings (SSSR count). The Balaban J connectivity index is 2.24. The number of carbonyl (C=O) groups excluding carboxylic acids is 3. The highest BCUT2D eigenvalue weighted by atomic mass is 16.7. The summed E-state index contributed by atoms with van der Waals surface area (Å²) in [5.41, 5.74) is -1.07. The van der Waals surface area contributed by atoms with Crippen LogP contribution < -0.4 is 0 Å². The van der Waals surface area contributed by atoms with Gasteiger partial charge >= 0.3 is 11.9 Å². The monoisotopic (exact) mass is 424 g/mol. The fourth-order valence-electron chi connectivity index (χ4n) is 3.42. The van der Waals surface area contributed by atoms with Crippen molar-refractivity contribution in [3.63, 3.8) is 0 Å². The zero-order valence-corrected chi connectivity index (χ0v) is 18.3. The molecule has 0 saturated heterocycles. The van der Waals surface area contributed by atoms with Gasteiger partial charge in [-0.1, -0.05) is 27.7 Å². The number of ether oxygens (including phenoxy) is 4. The van der Waals surface area contributed by atoms with Gasteiger partial charge in [0.2, 0.25) is 0 Å². The van der Waals surface area contributed by atoms with E-state index in [0.717, 1.165) is 0 Å². The molecule has 0 spiro atoms. The van der Waals surface area contributed by atoms with E-state index in [1.54, 1.807) is 6.92 Å². The number of aliphatic hydroxyl groups is 1. The van der Waals surface area contributed by atoms with Gasteiger partial charge in [-0.25, -0.2) is 0 Å². The molecule has 1 N–H and O–H groups in total. The Labute approximate surface area is 177 Å². The van der Waals surface area contributed by atoms with E-state index in [-0.39, 0.29) is 43.9 Å². The van der Waals surface area contributed by atoms with Crippen LogP contribution in [0.5, 0.6) is 0 Å². The Morgan fingerprint density at radius 3 is 2.40 bits per heavy atom. The van der Waals surface area contributed by atoms with Crippen molar-refractivity contribution in [2.45, 2.75) is 59.4 Å². The molecule has 0 amide bonds. The summed E-state index contributed by atoms with van der Waals surface area (Å²) in [5.74, 6) is -2.18. The van der Waals surface area contributed by atoms with Crippen molar-refractivity contribution in [2.75, 3.05) is 19.8 Å². The molecule has 2 aliphatic rings. The lowest BCUT2D eigenvalue weighted by atomic mass is 9.82. The third-order valence-corrected chi connectivity index (χ3v) is 4.86. The first-order chi connectivity index (χ1) is 14.1. The number of carbonyl (C=O) groups is 3. The van der Waals surface area contributed by atoms with Crippen LogP contribution in [0.1, 0.15) is 47.5 Å². The number of rotatable bonds is 10. The number of esters is 2. The second kappa shape index (κ2) is 10.2. The highest BCUT2D eigenvalue weighted by molar-refractivity contribution is 6.02. The highest BCUT2D eigenvalue weighted by Gasteiger charge is 2.57. The summed E-state index contributed by atoms with van der Waals surface area (Å²) in [7, 11) is 0. The summed E-state index contributed by atoms with van der Waals surface area (Å²) in [4.78, 5) is 36.8. The molecule has 3 atom stereocenters. The normalized spacial score (nSPS) is 25.5. The van der Waals surface area contributed by atoms with Gasteiger partial charge in [-0.2, -0.15) is 0 Å². The van der Waals surface area contributed by atoms with Crippen molar-refractivity contribution in [1.82, 2.24) is 0 Å². The van der Waals surface area contributed by atoms with Gasteiger partial charge in [-0.3, -0.25) is 14.4 Å². The third-order valence-electron chi connectivity index (χ3n) is 4.86. The summed E-state index contributed by atoms with van der Waals surface area (Å²) in [5, 5.41) is 11.1. The van der Waals surface area contributed by atoms with Crippen molar-refractivity contribution >= 4 is 17.7 Å². The van der Waals surface area contributed by atoms with Crippen LogP contribution >= 0.6 is 0 Å². The van der Waals surface area contributed by atoms with Gasteiger partial charge < -0.3 is 24.1 Å². The van der Waals surface area contributed by atoms with Gasteiger partial charge in [-0.15, -0.1) is 0 Å². The highest BCUT2D eigenvalue weighted by Crippen LogP contribution is 2.44. The lowest BCUT2D eigenvalue weighted by Gasteiger charge is -2.37. The maximum atomic E-state index is 12.7. The average molecular weight is 424 g/mol. The van der Waals surface area contributed by atoms with Crippen LogP contribution in [0.3, 0.4) is 0 Å². The Bertz CT molecular complexity index is 721. The molecule has 0 saturated carbocycles.